The molecule has 0 amide bonds. The third-order valence-electron chi connectivity index (χ3n) is 4.37. The molecule has 2 heterocycles. The molecule has 0 aromatic carbocycles. The van der Waals surface area contributed by atoms with E-state index in [0.717, 1.165) is 13.1 Å². The Balaban J connectivity index is 2.24. The number of hydrogen-bond acceptors (Lipinski definition) is 3. The van der Waals surface area contributed by atoms with Gasteiger partial charge in [0.25, 0.3) is 0 Å². The second-order valence-corrected chi connectivity index (χ2v) is 6.08. The van der Waals surface area contributed by atoms with Crippen LogP contribution in [0.15, 0.2) is 0 Å². The third kappa shape index (κ3) is 3.35. The van der Waals surface area contributed by atoms with Crippen LogP contribution in [0.2, 0.25) is 0 Å². The van der Waals surface area contributed by atoms with Gasteiger partial charge in [0.15, 0.2) is 0 Å². The van der Waals surface area contributed by atoms with Crippen LogP contribution in [0.1, 0.15) is 57.2 Å². The van der Waals surface area contributed by atoms with E-state index < -0.39 is 0 Å². The molecule has 0 spiro atoms. The first-order valence-corrected chi connectivity index (χ1v) is 8.15. The van der Waals surface area contributed by atoms with Gasteiger partial charge in [-0.05, 0) is 39.7 Å². The van der Waals surface area contributed by atoms with Crippen molar-refractivity contribution in [2.75, 3.05) is 18.0 Å². The third-order valence-corrected chi connectivity index (χ3v) is 4.37. The number of nitrogens with zero attached hydrogens (tertiary/aromatic N) is 3. The molecule has 114 valence electrons. The number of aromatic nitrogens is 2. The predicted molar refractivity (Wildman–Crippen MR) is 85.2 cm³/mol. The summed E-state index contributed by atoms with van der Waals surface area (Å²) >= 11 is 0. The molecular formula is C16H30N4. The Morgan fingerprint density at radius 3 is 2.85 bits per heavy atom. The molecule has 1 fully saturated rings. The molecule has 1 aromatic heterocycles. The van der Waals surface area contributed by atoms with E-state index in [1.54, 1.807) is 0 Å². The molecule has 1 unspecified atom stereocenters. The Morgan fingerprint density at radius 2 is 2.10 bits per heavy atom. The van der Waals surface area contributed by atoms with Crippen LogP contribution in [0.3, 0.4) is 0 Å². The van der Waals surface area contributed by atoms with Crippen LogP contribution in [-0.4, -0.2) is 28.9 Å². The van der Waals surface area contributed by atoms with Crippen molar-refractivity contribution in [3.8, 4) is 0 Å². The highest BCUT2D eigenvalue weighted by Gasteiger charge is 2.24. The maximum Gasteiger partial charge on any atom is 0.131 e. The van der Waals surface area contributed by atoms with Crippen molar-refractivity contribution in [1.82, 2.24) is 15.1 Å². The zero-order valence-corrected chi connectivity index (χ0v) is 13.6. The number of aryl methyl sites for hydroxylation is 2. The van der Waals surface area contributed by atoms with E-state index in [2.05, 4.69) is 47.8 Å². The highest BCUT2D eigenvalue weighted by atomic mass is 15.4. The van der Waals surface area contributed by atoms with Crippen LogP contribution < -0.4 is 10.2 Å². The molecule has 1 aliphatic heterocycles. The van der Waals surface area contributed by atoms with E-state index in [1.165, 1.54) is 55.7 Å². The monoisotopic (exact) mass is 278 g/mol. The number of anilines is 1. The minimum atomic E-state index is 0.622. The SMILES string of the molecule is CCCNCc1c(C)nn(C)c1N1CCCCCC1C. The minimum Gasteiger partial charge on any atom is -0.354 e. The summed E-state index contributed by atoms with van der Waals surface area (Å²) < 4.78 is 2.08. The summed E-state index contributed by atoms with van der Waals surface area (Å²) in [5, 5.41) is 8.20. The molecule has 1 atom stereocenters. The standard InChI is InChI=1S/C16H30N4/c1-5-10-17-12-15-14(3)18-19(4)16(15)20-11-8-6-7-9-13(20)2/h13,17H,5-12H2,1-4H3. The predicted octanol–water partition coefficient (Wildman–Crippen LogP) is 3.00. The fourth-order valence-corrected chi connectivity index (χ4v) is 3.24. The van der Waals surface area contributed by atoms with Crippen LogP contribution in [0.4, 0.5) is 5.82 Å². The summed E-state index contributed by atoms with van der Waals surface area (Å²) in [4.78, 5) is 2.58. The van der Waals surface area contributed by atoms with Gasteiger partial charge in [-0.2, -0.15) is 5.10 Å². The average Bonchev–Trinajstić information content (AvgIpc) is 2.58. The zero-order chi connectivity index (χ0) is 14.5. The lowest BCUT2D eigenvalue weighted by molar-refractivity contribution is 0.589. The van der Waals surface area contributed by atoms with Crippen molar-refractivity contribution in [2.45, 2.75) is 65.5 Å². The molecule has 0 radical (unpaired) electrons. The molecule has 4 heteroatoms. The van der Waals surface area contributed by atoms with Crippen LogP contribution >= 0.6 is 0 Å². The van der Waals surface area contributed by atoms with Gasteiger partial charge < -0.3 is 10.2 Å². The molecule has 4 nitrogen and oxygen atoms in total. The average molecular weight is 278 g/mol. The van der Waals surface area contributed by atoms with Crippen molar-refractivity contribution >= 4 is 5.82 Å². The summed E-state index contributed by atoms with van der Waals surface area (Å²) in [6.45, 7) is 9.88. The molecule has 1 N–H and O–H groups in total. The van der Waals surface area contributed by atoms with Gasteiger partial charge in [0.05, 0.1) is 5.69 Å². The normalized spacial score (nSPS) is 20.2. The van der Waals surface area contributed by atoms with E-state index >= 15 is 0 Å². The van der Waals surface area contributed by atoms with Crippen molar-refractivity contribution in [3.63, 3.8) is 0 Å². The van der Waals surface area contributed by atoms with Crippen molar-refractivity contribution in [2.24, 2.45) is 7.05 Å². The molecule has 0 bridgehead atoms. The maximum atomic E-state index is 4.67. The molecule has 2 rings (SSSR count). The Hall–Kier alpha value is -1.03. The molecule has 0 aliphatic carbocycles. The summed E-state index contributed by atoms with van der Waals surface area (Å²) in [5.41, 5.74) is 2.55. The first kappa shape index (κ1) is 15.4. The quantitative estimate of drug-likeness (QED) is 0.841. The highest BCUT2D eigenvalue weighted by molar-refractivity contribution is 5.51. The summed E-state index contributed by atoms with van der Waals surface area (Å²) in [6, 6.07) is 0.622. The van der Waals surface area contributed by atoms with Crippen LogP contribution in [0.5, 0.6) is 0 Å². The van der Waals surface area contributed by atoms with Gasteiger partial charge >= 0.3 is 0 Å². The molecule has 1 saturated heterocycles. The molecule has 20 heavy (non-hydrogen) atoms. The van der Waals surface area contributed by atoms with Gasteiger partial charge in [0.2, 0.25) is 0 Å². The molecular weight excluding hydrogens is 248 g/mol. The van der Waals surface area contributed by atoms with E-state index in [0.29, 0.717) is 6.04 Å². The van der Waals surface area contributed by atoms with Crippen LogP contribution in [0, 0.1) is 6.92 Å². The first-order valence-electron chi connectivity index (χ1n) is 8.15. The Kier molecular flexibility index (Phi) is 5.46. The van der Waals surface area contributed by atoms with E-state index in [-0.39, 0.29) is 0 Å². The van der Waals surface area contributed by atoms with E-state index in [9.17, 15) is 0 Å². The Morgan fingerprint density at radius 1 is 1.30 bits per heavy atom. The van der Waals surface area contributed by atoms with Gasteiger partial charge in [-0.3, -0.25) is 4.68 Å². The first-order chi connectivity index (χ1) is 9.65. The van der Waals surface area contributed by atoms with E-state index in [1.807, 2.05) is 0 Å². The Labute approximate surface area is 123 Å². The van der Waals surface area contributed by atoms with Gasteiger partial charge in [0.1, 0.15) is 5.82 Å². The fourth-order valence-electron chi connectivity index (χ4n) is 3.24. The molecule has 0 saturated carbocycles. The summed E-state index contributed by atoms with van der Waals surface area (Å²) in [7, 11) is 2.09. The topological polar surface area (TPSA) is 33.1 Å². The number of hydrogen-bond donors (Lipinski definition) is 1. The lowest BCUT2D eigenvalue weighted by Crippen LogP contribution is -2.35. The van der Waals surface area contributed by atoms with Gasteiger partial charge in [-0.15, -0.1) is 0 Å². The van der Waals surface area contributed by atoms with Gasteiger partial charge in [0, 0.05) is 31.7 Å². The van der Waals surface area contributed by atoms with Crippen molar-refractivity contribution in [1.29, 1.82) is 0 Å². The van der Waals surface area contributed by atoms with Crippen molar-refractivity contribution in [3.05, 3.63) is 11.3 Å². The van der Waals surface area contributed by atoms with Crippen LogP contribution in [-0.2, 0) is 13.6 Å². The fraction of sp³-hybridized carbons (Fsp3) is 0.812. The molecule has 1 aliphatic rings. The highest BCUT2D eigenvalue weighted by Crippen LogP contribution is 2.28. The lowest BCUT2D eigenvalue weighted by Gasteiger charge is -2.30. The second-order valence-electron chi connectivity index (χ2n) is 6.08. The van der Waals surface area contributed by atoms with E-state index in [4.69, 9.17) is 0 Å². The van der Waals surface area contributed by atoms with Gasteiger partial charge in [-0.25, -0.2) is 0 Å². The second kappa shape index (κ2) is 7.11. The number of rotatable bonds is 5. The Bertz CT molecular complexity index is 424. The van der Waals surface area contributed by atoms with Gasteiger partial charge in [-0.1, -0.05) is 19.8 Å². The summed E-state index contributed by atoms with van der Waals surface area (Å²) in [5.74, 6) is 1.33. The lowest BCUT2D eigenvalue weighted by atomic mass is 10.1. The summed E-state index contributed by atoms with van der Waals surface area (Å²) in [6.07, 6.45) is 6.50. The largest absolute Gasteiger partial charge is 0.354 e. The van der Waals surface area contributed by atoms with Crippen molar-refractivity contribution < 1.29 is 0 Å². The van der Waals surface area contributed by atoms with Crippen LogP contribution in [0.25, 0.3) is 0 Å². The maximum absolute atomic E-state index is 4.67. The minimum absolute atomic E-state index is 0.622. The number of nitrogens with one attached hydrogen (secondary N) is 1. The molecule has 1 aromatic rings. The zero-order valence-electron chi connectivity index (χ0n) is 13.6. The smallest absolute Gasteiger partial charge is 0.131 e.